The van der Waals surface area contributed by atoms with Crippen molar-refractivity contribution < 1.29 is 61.3 Å². The first kappa shape index (κ1) is 24.4. The normalized spacial score (nSPS) is 30.6. The number of allylic oxidation sites excluding steroid dienone is 2. The molecular weight excluding hydrogens is 640 g/mol. The van der Waals surface area contributed by atoms with Crippen LogP contribution in [0.2, 0.25) is 0 Å². The molecule has 2 bridgehead atoms. The van der Waals surface area contributed by atoms with Gasteiger partial charge in [0.25, 0.3) is 0 Å². The molecule has 1 saturated carbocycles. The number of rotatable bonds is 0. The summed E-state index contributed by atoms with van der Waals surface area (Å²) in [6.07, 6.45) is 7.41. The Morgan fingerprint density at radius 3 is 1.43 bits per heavy atom. The van der Waals surface area contributed by atoms with Crippen molar-refractivity contribution in [1.29, 1.82) is 0 Å². The average molecular weight is 656 g/mol. The second-order valence-corrected chi connectivity index (χ2v) is 4.91. The van der Waals surface area contributed by atoms with Crippen LogP contribution in [0.3, 0.4) is 0 Å². The van der Waals surface area contributed by atoms with E-state index in [4.69, 9.17) is 0 Å². The number of carbonyl (C=O) groups excluding carboxylic acids is 4. The fourth-order valence-electron chi connectivity index (χ4n) is 3.08. The minimum Gasteiger partial charge on any atom is -0.595 e. The van der Waals surface area contributed by atoms with E-state index in [9.17, 15) is 19.2 Å². The van der Waals surface area contributed by atoms with Gasteiger partial charge in [-0.3, -0.25) is 0 Å². The molecule has 2 fully saturated rings. The number of fused-ring (bicyclic) bond motifs is 5. The van der Waals surface area contributed by atoms with E-state index in [2.05, 4.69) is 22.8 Å². The number of imide groups is 2. The standard InChI is InChI=1S/C9H9NO2.C4H3NO2.2CH3.2W/c11-8-6-4-1-2-5(3-4)7(6)9(12)10-8;6-3-1-2-4(7)5-3;;;;/h1-2,4-7H,3H2,(H,10,11,12);1-2H,(H,5,6,7);2*1H3;;/q;;2*-1;2*+2/p-2. The maximum atomic E-state index is 11.2. The van der Waals surface area contributed by atoms with Crippen molar-refractivity contribution >= 4 is 23.6 Å². The van der Waals surface area contributed by atoms with Crippen LogP contribution in [0.5, 0.6) is 0 Å². The van der Waals surface area contributed by atoms with Crippen molar-refractivity contribution in [1.82, 2.24) is 0 Å². The van der Waals surface area contributed by atoms with Crippen LogP contribution in [-0.4, -0.2) is 23.6 Å². The van der Waals surface area contributed by atoms with E-state index in [1.54, 1.807) is 0 Å². The third-order valence-corrected chi connectivity index (χ3v) is 3.84. The van der Waals surface area contributed by atoms with Crippen LogP contribution >= 0.6 is 0 Å². The summed E-state index contributed by atoms with van der Waals surface area (Å²) in [5, 5.41) is 6.50. The Morgan fingerprint density at radius 2 is 1.13 bits per heavy atom. The van der Waals surface area contributed by atoms with Crippen molar-refractivity contribution in [3.8, 4) is 0 Å². The number of carbonyl (C=O) groups is 4. The predicted molar refractivity (Wildman–Crippen MR) is 76.4 cm³/mol. The molecule has 2 heterocycles. The molecule has 122 valence electrons. The topological polar surface area (TPSA) is 96.5 Å². The van der Waals surface area contributed by atoms with E-state index in [-0.39, 0.29) is 80.6 Å². The number of amides is 4. The van der Waals surface area contributed by atoms with Crippen molar-refractivity contribution in [2.75, 3.05) is 0 Å². The summed E-state index contributed by atoms with van der Waals surface area (Å²) in [5.41, 5.74) is 0. The van der Waals surface area contributed by atoms with Crippen molar-refractivity contribution in [2.45, 2.75) is 6.42 Å². The second-order valence-electron chi connectivity index (χ2n) is 4.91. The molecule has 1 saturated heterocycles. The van der Waals surface area contributed by atoms with E-state index in [1.165, 1.54) is 0 Å². The van der Waals surface area contributed by atoms with Gasteiger partial charge >= 0.3 is 42.1 Å². The van der Waals surface area contributed by atoms with Gasteiger partial charge in [-0.2, -0.15) is 0 Å². The molecule has 2 aliphatic carbocycles. The summed E-state index contributed by atoms with van der Waals surface area (Å²) in [4.78, 5) is 42.4. The van der Waals surface area contributed by atoms with Crippen LogP contribution in [0.4, 0.5) is 0 Å². The zero-order chi connectivity index (χ0) is 13.6. The minimum absolute atomic E-state index is 0. The molecule has 4 aliphatic rings. The van der Waals surface area contributed by atoms with Gasteiger partial charge in [0.1, 0.15) is 0 Å². The molecule has 4 atom stereocenters. The summed E-state index contributed by atoms with van der Waals surface area (Å²) in [6.45, 7) is 0. The van der Waals surface area contributed by atoms with E-state index >= 15 is 0 Å². The van der Waals surface area contributed by atoms with Crippen LogP contribution in [0.25, 0.3) is 10.6 Å². The van der Waals surface area contributed by atoms with E-state index in [1.807, 2.05) is 0 Å². The zero-order valence-electron chi connectivity index (χ0n) is 12.7. The first-order valence-corrected chi connectivity index (χ1v) is 6.02. The monoisotopic (exact) mass is 656 g/mol. The molecule has 6 nitrogen and oxygen atoms in total. The molecule has 0 spiro atoms. The molecule has 8 heteroatoms. The van der Waals surface area contributed by atoms with Crippen LogP contribution in [0.1, 0.15) is 6.42 Å². The molecule has 4 rings (SSSR count). The van der Waals surface area contributed by atoms with Gasteiger partial charge < -0.3 is 44.7 Å². The molecule has 4 unspecified atom stereocenters. The second kappa shape index (κ2) is 9.44. The smallest absolute Gasteiger partial charge is 0.595 e. The summed E-state index contributed by atoms with van der Waals surface area (Å²) >= 11 is 0. The minimum atomic E-state index is -0.454. The Bertz CT molecular complexity index is 516. The largest absolute Gasteiger partial charge is 2.00 e. The fraction of sp³-hybridized carbons (Fsp3) is 0.333. The molecule has 0 N–H and O–H groups in total. The Kier molecular flexibility index (Phi) is 10.0. The van der Waals surface area contributed by atoms with Gasteiger partial charge in [0, 0.05) is 11.8 Å². The molecule has 0 aromatic heterocycles. The molecule has 4 amide bonds. The van der Waals surface area contributed by atoms with Gasteiger partial charge in [-0.05, 0) is 30.4 Å². The van der Waals surface area contributed by atoms with Gasteiger partial charge in [-0.1, -0.05) is 12.2 Å². The maximum Gasteiger partial charge on any atom is 2.00 e. The van der Waals surface area contributed by atoms with Crippen molar-refractivity contribution in [3.05, 3.63) is 49.8 Å². The molecule has 0 aromatic carbocycles. The van der Waals surface area contributed by atoms with Gasteiger partial charge in [0.15, 0.2) is 0 Å². The number of hydrogen-bond donors (Lipinski definition) is 0. The average Bonchev–Trinajstić information content (AvgIpc) is 3.07. The zero-order valence-corrected chi connectivity index (χ0v) is 18.5. The molecule has 0 aromatic rings. The van der Waals surface area contributed by atoms with E-state index in [0.717, 1.165) is 18.6 Å². The quantitative estimate of drug-likeness (QED) is 0.226. The first-order valence-electron chi connectivity index (χ1n) is 6.02. The Hall–Kier alpha value is -0.863. The predicted octanol–water partition coefficient (Wildman–Crippen LogP) is 1.74. The van der Waals surface area contributed by atoms with Crippen molar-refractivity contribution in [3.63, 3.8) is 0 Å². The molecule has 0 radical (unpaired) electrons. The van der Waals surface area contributed by atoms with Gasteiger partial charge in [-0.15, -0.1) is 0 Å². The van der Waals surface area contributed by atoms with Crippen LogP contribution in [0, 0.1) is 38.5 Å². The van der Waals surface area contributed by atoms with Gasteiger partial charge in [0.2, 0.25) is 0 Å². The number of hydrogen-bond acceptors (Lipinski definition) is 4. The Labute approximate surface area is 164 Å². The summed E-state index contributed by atoms with van der Waals surface area (Å²) in [5.74, 6) is -0.830. The maximum absolute atomic E-state index is 11.2. The third kappa shape index (κ3) is 4.57. The van der Waals surface area contributed by atoms with E-state index in [0.29, 0.717) is 11.8 Å². The SMILES string of the molecule is O=C1C=CC(=O)[N-]1.O=C1[N-]C(=O)C2C3C=CC(C3)C12.[CH3-].[CH3-].[W+2].[W+2]. The summed E-state index contributed by atoms with van der Waals surface area (Å²) in [6, 6.07) is 0. The van der Waals surface area contributed by atoms with Gasteiger partial charge in [0.05, 0.1) is 23.6 Å². The first-order chi connectivity index (χ1) is 9.06. The van der Waals surface area contributed by atoms with Gasteiger partial charge in [-0.25, -0.2) is 0 Å². The molecule has 23 heavy (non-hydrogen) atoms. The fourth-order valence-corrected chi connectivity index (χ4v) is 3.08. The molecule has 2 aliphatic heterocycles. The Morgan fingerprint density at radius 1 is 0.739 bits per heavy atom. The summed E-state index contributed by atoms with van der Waals surface area (Å²) < 4.78 is 0. The van der Waals surface area contributed by atoms with E-state index < -0.39 is 11.8 Å². The van der Waals surface area contributed by atoms with Crippen LogP contribution in [0.15, 0.2) is 24.3 Å². The summed E-state index contributed by atoms with van der Waals surface area (Å²) in [7, 11) is 0. The Balaban J connectivity index is 0. The van der Waals surface area contributed by atoms with Crippen LogP contribution < -0.4 is 0 Å². The van der Waals surface area contributed by atoms with Crippen molar-refractivity contribution in [2.24, 2.45) is 23.7 Å². The third-order valence-electron chi connectivity index (χ3n) is 3.84. The molecular formula is C15H16N2O4W2. The number of nitrogens with zero attached hydrogens (tertiary/aromatic N) is 2. The van der Waals surface area contributed by atoms with Crippen LogP contribution in [-0.2, 0) is 61.3 Å².